The van der Waals surface area contributed by atoms with Gasteiger partial charge >= 0.3 is 0 Å². The molecule has 0 saturated carbocycles. The predicted octanol–water partition coefficient (Wildman–Crippen LogP) is 4.87. The minimum atomic E-state index is -0.955. The van der Waals surface area contributed by atoms with Gasteiger partial charge in [-0.3, -0.25) is 14.4 Å². The standard InChI is InChI=1S/C25H20BrFN2O3/c1-16-4-2-3-5-21(16)24(31)28(15-17-6-10-19(27)11-7-17)22-14-23(30)29(25(22)32)20-12-8-18(26)9-13-20/h2-13,22H,14-15H2,1H3. The lowest BCUT2D eigenvalue weighted by molar-refractivity contribution is -0.122. The fourth-order valence-corrected chi connectivity index (χ4v) is 4.06. The molecule has 1 heterocycles. The van der Waals surface area contributed by atoms with Crippen molar-refractivity contribution in [2.24, 2.45) is 0 Å². The highest BCUT2D eigenvalue weighted by Crippen LogP contribution is 2.29. The van der Waals surface area contributed by atoms with E-state index in [1.807, 2.05) is 19.1 Å². The fraction of sp³-hybridized carbons (Fsp3) is 0.160. The highest BCUT2D eigenvalue weighted by atomic mass is 79.9. The third-order valence-electron chi connectivity index (χ3n) is 5.49. The van der Waals surface area contributed by atoms with Gasteiger partial charge in [-0.2, -0.15) is 0 Å². The van der Waals surface area contributed by atoms with E-state index in [2.05, 4.69) is 15.9 Å². The maximum Gasteiger partial charge on any atom is 0.257 e. The van der Waals surface area contributed by atoms with Crippen LogP contribution in [-0.4, -0.2) is 28.7 Å². The zero-order chi connectivity index (χ0) is 22.8. The van der Waals surface area contributed by atoms with Crippen LogP contribution in [0.25, 0.3) is 0 Å². The number of aryl methyl sites for hydroxylation is 1. The second-order valence-electron chi connectivity index (χ2n) is 7.64. The van der Waals surface area contributed by atoms with Crippen molar-refractivity contribution >= 4 is 39.3 Å². The summed E-state index contributed by atoms with van der Waals surface area (Å²) in [5.41, 5.74) is 2.34. The lowest BCUT2D eigenvalue weighted by atomic mass is 10.0. The molecule has 0 radical (unpaired) electrons. The van der Waals surface area contributed by atoms with Crippen molar-refractivity contribution in [2.45, 2.75) is 25.9 Å². The molecule has 7 heteroatoms. The van der Waals surface area contributed by atoms with E-state index in [0.717, 1.165) is 14.9 Å². The van der Waals surface area contributed by atoms with Crippen LogP contribution >= 0.6 is 15.9 Å². The summed E-state index contributed by atoms with van der Waals surface area (Å²) in [6.07, 6.45) is -0.117. The molecule has 3 aromatic carbocycles. The summed E-state index contributed by atoms with van der Waals surface area (Å²) < 4.78 is 14.2. The Morgan fingerprint density at radius 3 is 2.34 bits per heavy atom. The van der Waals surface area contributed by atoms with Crippen LogP contribution in [0.15, 0.2) is 77.3 Å². The summed E-state index contributed by atoms with van der Waals surface area (Å²) in [4.78, 5) is 42.2. The van der Waals surface area contributed by atoms with Crippen LogP contribution in [0.4, 0.5) is 10.1 Å². The Morgan fingerprint density at radius 1 is 1.03 bits per heavy atom. The van der Waals surface area contributed by atoms with Crippen LogP contribution < -0.4 is 4.90 Å². The number of imide groups is 1. The van der Waals surface area contributed by atoms with Gasteiger partial charge in [-0.15, -0.1) is 0 Å². The summed E-state index contributed by atoms with van der Waals surface area (Å²) >= 11 is 3.35. The first-order valence-electron chi connectivity index (χ1n) is 10.1. The number of hydrogen-bond acceptors (Lipinski definition) is 3. The molecule has 0 aliphatic carbocycles. The predicted molar refractivity (Wildman–Crippen MR) is 122 cm³/mol. The average Bonchev–Trinajstić information content (AvgIpc) is 3.07. The minimum absolute atomic E-state index is 0.0747. The van der Waals surface area contributed by atoms with Crippen molar-refractivity contribution in [1.29, 1.82) is 0 Å². The molecule has 4 rings (SSSR count). The molecule has 5 nitrogen and oxygen atoms in total. The van der Waals surface area contributed by atoms with Gasteiger partial charge in [0.05, 0.1) is 12.1 Å². The van der Waals surface area contributed by atoms with Gasteiger partial charge < -0.3 is 4.90 Å². The summed E-state index contributed by atoms with van der Waals surface area (Å²) in [5.74, 6) is -1.57. The number of amides is 3. The summed E-state index contributed by atoms with van der Waals surface area (Å²) in [5, 5.41) is 0. The van der Waals surface area contributed by atoms with Crippen LogP contribution in [0.3, 0.4) is 0 Å². The SMILES string of the molecule is Cc1ccccc1C(=O)N(Cc1ccc(F)cc1)C1CC(=O)N(c2ccc(Br)cc2)C1=O. The molecule has 1 fully saturated rings. The Morgan fingerprint density at radius 2 is 1.69 bits per heavy atom. The zero-order valence-corrected chi connectivity index (χ0v) is 18.9. The molecular formula is C25H20BrFN2O3. The van der Waals surface area contributed by atoms with E-state index in [0.29, 0.717) is 16.8 Å². The van der Waals surface area contributed by atoms with Crippen LogP contribution in [0, 0.1) is 12.7 Å². The summed E-state index contributed by atoms with van der Waals surface area (Å²) in [6, 6.07) is 18.8. The van der Waals surface area contributed by atoms with Crippen molar-refractivity contribution in [1.82, 2.24) is 4.90 Å². The van der Waals surface area contributed by atoms with Crippen LogP contribution in [0.5, 0.6) is 0 Å². The maximum atomic E-state index is 13.5. The molecule has 3 amide bonds. The number of carbonyl (C=O) groups is 3. The molecule has 0 bridgehead atoms. The molecule has 1 unspecified atom stereocenters. The molecule has 1 saturated heterocycles. The first-order valence-corrected chi connectivity index (χ1v) is 10.9. The van der Waals surface area contributed by atoms with Crippen LogP contribution in [0.1, 0.15) is 27.9 Å². The molecule has 32 heavy (non-hydrogen) atoms. The Balaban J connectivity index is 1.70. The smallest absolute Gasteiger partial charge is 0.257 e. The number of anilines is 1. The molecule has 3 aromatic rings. The molecule has 0 N–H and O–H groups in total. The first kappa shape index (κ1) is 21.9. The lowest BCUT2D eigenvalue weighted by Crippen LogP contribution is -2.45. The van der Waals surface area contributed by atoms with E-state index in [1.54, 1.807) is 48.5 Å². The molecule has 162 valence electrons. The normalized spacial score (nSPS) is 15.8. The van der Waals surface area contributed by atoms with Gasteiger partial charge in [0.15, 0.2) is 0 Å². The second kappa shape index (κ2) is 9.04. The van der Waals surface area contributed by atoms with Gasteiger partial charge in [0.25, 0.3) is 11.8 Å². The third kappa shape index (κ3) is 4.34. The van der Waals surface area contributed by atoms with Gasteiger partial charge in [0.2, 0.25) is 5.91 Å². The van der Waals surface area contributed by atoms with Gasteiger partial charge in [0, 0.05) is 16.6 Å². The first-order chi connectivity index (χ1) is 15.3. The van der Waals surface area contributed by atoms with Crippen molar-refractivity contribution in [3.05, 3.63) is 99.8 Å². The third-order valence-corrected chi connectivity index (χ3v) is 6.02. The van der Waals surface area contributed by atoms with Crippen molar-refractivity contribution in [3.63, 3.8) is 0 Å². The Labute approximate surface area is 193 Å². The molecule has 1 aliphatic rings. The zero-order valence-electron chi connectivity index (χ0n) is 17.3. The Hall–Kier alpha value is -3.32. The molecular weight excluding hydrogens is 475 g/mol. The van der Waals surface area contributed by atoms with Crippen LogP contribution in [0.2, 0.25) is 0 Å². The summed E-state index contributed by atoms with van der Waals surface area (Å²) in [7, 11) is 0. The molecule has 0 aromatic heterocycles. The minimum Gasteiger partial charge on any atom is -0.322 e. The molecule has 0 spiro atoms. The van der Waals surface area contributed by atoms with Gasteiger partial charge in [-0.1, -0.05) is 46.3 Å². The highest BCUT2D eigenvalue weighted by molar-refractivity contribution is 9.10. The number of carbonyl (C=O) groups excluding carboxylic acids is 3. The maximum absolute atomic E-state index is 13.5. The number of rotatable bonds is 5. The highest BCUT2D eigenvalue weighted by Gasteiger charge is 2.44. The van der Waals surface area contributed by atoms with E-state index >= 15 is 0 Å². The summed E-state index contributed by atoms with van der Waals surface area (Å²) in [6.45, 7) is 1.89. The Kier molecular flexibility index (Phi) is 6.19. The lowest BCUT2D eigenvalue weighted by Gasteiger charge is -2.28. The van der Waals surface area contributed by atoms with E-state index in [-0.39, 0.29) is 30.6 Å². The van der Waals surface area contributed by atoms with Gasteiger partial charge in [-0.25, -0.2) is 9.29 Å². The Bertz CT molecular complexity index is 1180. The monoisotopic (exact) mass is 494 g/mol. The van der Waals surface area contributed by atoms with Crippen molar-refractivity contribution in [3.8, 4) is 0 Å². The number of nitrogens with zero attached hydrogens (tertiary/aromatic N) is 2. The van der Waals surface area contributed by atoms with Crippen molar-refractivity contribution < 1.29 is 18.8 Å². The molecule has 1 aliphatic heterocycles. The molecule has 1 atom stereocenters. The van der Waals surface area contributed by atoms with Gasteiger partial charge in [0.1, 0.15) is 11.9 Å². The largest absolute Gasteiger partial charge is 0.322 e. The van der Waals surface area contributed by atoms with Crippen molar-refractivity contribution in [2.75, 3.05) is 4.90 Å². The second-order valence-corrected chi connectivity index (χ2v) is 8.55. The van der Waals surface area contributed by atoms with E-state index < -0.39 is 11.9 Å². The number of hydrogen-bond donors (Lipinski definition) is 0. The fourth-order valence-electron chi connectivity index (χ4n) is 3.80. The van der Waals surface area contributed by atoms with E-state index in [9.17, 15) is 18.8 Å². The van der Waals surface area contributed by atoms with E-state index in [4.69, 9.17) is 0 Å². The van der Waals surface area contributed by atoms with E-state index in [1.165, 1.54) is 17.0 Å². The number of benzene rings is 3. The topological polar surface area (TPSA) is 57.7 Å². The average molecular weight is 495 g/mol. The van der Waals surface area contributed by atoms with Crippen LogP contribution in [-0.2, 0) is 16.1 Å². The quantitative estimate of drug-likeness (QED) is 0.475. The van der Waals surface area contributed by atoms with Gasteiger partial charge in [-0.05, 0) is 60.5 Å². The number of halogens is 2.